The number of Topliss-reactive ketones (excluding diaryl/α,β-unsaturated/α-hetero) is 1. The minimum absolute atomic E-state index is 0.0442. The van der Waals surface area contributed by atoms with Crippen molar-refractivity contribution in [2.45, 2.75) is 59.4 Å². The van der Waals surface area contributed by atoms with Crippen LogP contribution in [0.25, 0.3) is 11.4 Å². The molecule has 7 nitrogen and oxygen atoms in total. The van der Waals surface area contributed by atoms with Crippen LogP contribution in [-0.2, 0) is 11.2 Å². The molecule has 7 heteroatoms. The summed E-state index contributed by atoms with van der Waals surface area (Å²) in [6.45, 7) is 11.8. The number of nitrogens with zero attached hydrogens (tertiary/aromatic N) is 5. The zero-order valence-electron chi connectivity index (χ0n) is 21.8. The molecule has 1 fully saturated rings. The van der Waals surface area contributed by atoms with E-state index in [-0.39, 0.29) is 5.78 Å². The predicted octanol–water partition coefficient (Wildman–Crippen LogP) is 4.59. The van der Waals surface area contributed by atoms with Gasteiger partial charge in [0, 0.05) is 37.9 Å². The number of carbonyl (C=O) groups excluding carboxylic acids is 1. The van der Waals surface area contributed by atoms with Crippen LogP contribution in [-0.4, -0.2) is 62.8 Å². The van der Waals surface area contributed by atoms with E-state index in [4.69, 9.17) is 9.72 Å². The number of allylic oxidation sites excluding steroid dienone is 1. The first-order valence-electron chi connectivity index (χ1n) is 12.9. The molecule has 5 rings (SSSR count). The van der Waals surface area contributed by atoms with Crippen LogP contribution in [0.3, 0.4) is 0 Å². The number of pyridine rings is 2. The number of hydrogen-bond donors (Lipinski definition) is 0. The molecule has 1 aliphatic carbocycles. The molecule has 3 aromatic rings. The molecule has 0 saturated carbocycles. The quantitative estimate of drug-likeness (QED) is 0.476. The Morgan fingerprint density at radius 3 is 2.53 bits per heavy atom. The first kappa shape index (κ1) is 24.5. The molecule has 0 spiro atoms. The smallest absolute Gasteiger partial charge is 0.170 e. The Hall–Kier alpha value is -3.16. The lowest BCUT2D eigenvalue weighted by atomic mass is 9.90. The number of hydrogen-bond acceptors (Lipinski definition) is 6. The molecule has 0 radical (unpaired) electrons. The van der Waals surface area contributed by atoms with Crippen LogP contribution in [0.4, 0.5) is 0 Å². The lowest BCUT2D eigenvalue weighted by Gasteiger charge is -2.36. The summed E-state index contributed by atoms with van der Waals surface area (Å²) in [5, 5.41) is 4.47. The first-order valence-corrected chi connectivity index (χ1v) is 12.9. The number of morpholine rings is 1. The van der Waals surface area contributed by atoms with Crippen LogP contribution >= 0.6 is 0 Å². The predicted molar refractivity (Wildman–Crippen MR) is 141 cm³/mol. The van der Waals surface area contributed by atoms with Gasteiger partial charge in [0.05, 0.1) is 36.4 Å². The molecule has 0 bridgehead atoms. The average molecular weight is 486 g/mol. The summed E-state index contributed by atoms with van der Waals surface area (Å²) >= 11 is 0. The fourth-order valence-electron chi connectivity index (χ4n) is 5.48. The largest absolute Gasteiger partial charge is 0.379 e. The van der Waals surface area contributed by atoms with Crippen LogP contribution in [0.5, 0.6) is 0 Å². The molecular weight excluding hydrogens is 450 g/mol. The van der Waals surface area contributed by atoms with Crippen molar-refractivity contribution in [1.29, 1.82) is 0 Å². The van der Waals surface area contributed by atoms with Crippen molar-refractivity contribution < 1.29 is 9.53 Å². The summed E-state index contributed by atoms with van der Waals surface area (Å²) in [6.07, 6.45) is 11.3. The third-order valence-electron chi connectivity index (χ3n) is 7.45. The Labute approximate surface area is 213 Å². The Morgan fingerprint density at radius 2 is 1.83 bits per heavy atom. The molecule has 1 atom stereocenters. The van der Waals surface area contributed by atoms with Gasteiger partial charge in [0.25, 0.3) is 0 Å². The molecule has 4 heterocycles. The topological polar surface area (TPSA) is 73.1 Å². The monoisotopic (exact) mass is 485 g/mol. The van der Waals surface area contributed by atoms with Gasteiger partial charge < -0.3 is 4.74 Å². The second-order valence-electron chi connectivity index (χ2n) is 10.1. The van der Waals surface area contributed by atoms with Crippen molar-refractivity contribution in [3.8, 4) is 5.82 Å². The van der Waals surface area contributed by atoms with Crippen molar-refractivity contribution in [2.75, 3.05) is 26.3 Å². The lowest BCUT2D eigenvalue weighted by Crippen LogP contribution is -2.43. The highest BCUT2D eigenvalue weighted by Crippen LogP contribution is 2.30. The second-order valence-corrected chi connectivity index (χ2v) is 10.1. The van der Waals surface area contributed by atoms with E-state index < -0.39 is 0 Å². The molecule has 36 heavy (non-hydrogen) atoms. The standard InChI is InChI=1S/C29H35N5O2/c1-19-13-21(3)29(31-16-19)34-22(4)26(18-32-34)27(35)15-23-14-20(2)28(30-17-23)24-5-7-25(8-6-24)33-9-11-36-12-10-33/h5,13-14,16-18,25H,6-12,15H2,1-4H3. The van der Waals surface area contributed by atoms with E-state index in [1.165, 1.54) is 5.57 Å². The second kappa shape index (κ2) is 10.4. The van der Waals surface area contributed by atoms with Crippen molar-refractivity contribution in [3.05, 3.63) is 76.0 Å². The van der Waals surface area contributed by atoms with Crippen LogP contribution in [0.2, 0.25) is 0 Å². The van der Waals surface area contributed by atoms with Gasteiger partial charge in [-0.3, -0.25) is 14.7 Å². The van der Waals surface area contributed by atoms with Crippen LogP contribution < -0.4 is 0 Å². The number of ether oxygens (including phenoxy) is 1. The normalized spacial score (nSPS) is 18.8. The van der Waals surface area contributed by atoms with Crippen molar-refractivity contribution >= 4 is 11.4 Å². The Morgan fingerprint density at radius 1 is 1.03 bits per heavy atom. The summed E-state index contributed by atoms with van der Waals surface area (Å²) in [4.78, 5) is 25.1. The van der Waals surface area contributed by atoms with Gasteiger partial charge in [0.2, 0.25) is 0 Å². The molecule has 1 unspecified atom stereocenters. The number of rotatable bonds is 6. The molecule has 0 amide bonds. The van der Waals surface area contributed by atoms with Gasteiger partial charge in [-0.15, -0.1) is 0 Å². The van der Waals surface area contributed by atoms with E-state index in [9.17, 15) is 4.79 Å². The summed E-state index contributed by atoms with van der Waals surface area (Å²) in [5.41, 5.74) is 8.02. The van der Waals surface area contributed by atoms with E-state index >= 15 is 0 Å². The number of ketones is 1. The zero-order chi connectivity index (χ0) is 25.2. The summed E-state index contributed by atoms with van der Waals surface area (Å²) in [7, 11) is 0. The van der Waals surface area contributed by atoms with E-state index in [1.807, 2.05) is 33.2 Å². The molecule has 1 saturated heterocycles. The van der Waals surface area contributed by atoms with Gasteiger partial charge in [-0.1, -0.05) is 18.2 Å². The minimum Gasteiger partial charge on any atom is -0.379 e. The van der Waals surface area contributed by atoms with Gasteiger partial charge in [0.15, 0.2) is 11.6 Å². The molecule has 0 aromatic carbocycles. The summed E-state index contributed by atoms with van der Waals surface area (Å²) < 4.78 is 7.26. The van der Waals surface area contributed by atoms with Gasteiger partial charge in [-0.05, 0) is 74.8 Å². The van der Waals surface area contributed by atoms with Crippen LogP contribution in [0.15, 0.2) is 36.8 Å². The molecule has 188 valence electrons. The van der Waals surface area contributed by atoms with Gasteiger partial charge in [-0.25, -0.2) is 9.67 Å². The van der Waals surface area contributed by atoms with Crippen molar-refractivity contribution in [2.24, 2.45) is 0 Å². The third kappa shape index (κ3) is 5.04. The highest BCUT2D eigenvalue weighted by molar-refractivity contribution is 5.98. The highest BCUT2D eigenvalue weighted by Gasteiger charge is 2.24. The van der Waals surface area contributed by atoms with E-state index in [2.05, 4.69) is 40.1 Å². The van der Waals surface area contributed by atoms with E-state index in [0.29, 0.717) is 18.0 Å². The van der Waals surface area contributed by atoms with Crippen molar-refractivity contribution in [3.63, 3.8) is 0 Å². The van der Waals surface area contributed by atoms with Gasteiger partial charge in [0.1, 0.15) is 0 Å². The average Bonchev–Trinajstić information content (AvgIpc) is 3.26. The molecule has 0 N–H and O–H groups in total. The molecule has 2 aliphatic rings. The maximum atomic E-state index is 13.2. The number of aromatic nitrogens is 4. The first-order chi connectivity index (χ1) is 17.4. The Balaban J connectivity index is 1.27. The number of carbonyl (C=O) groups is 1. The summed E-state index contributed by atoms with van der Waals surface area (Å²) in [6, 6.07) is 4.80. The fraction of sp³-hybridized carbons (Fsp3) is 0.448. The maximum Gasteiger partial charge on any atom is 0.170 e. The minimum atomic E-state index is 0.0442. The van der Waals surface area contributed by atoms with E-state index in [1.54, 1.807) is 10.9 Å². The Bertz CT molecular complexity index is 1300. The third-order valence-corrected chi connectivity index (χ3v) is 7.45. The molecule has 1 aliphatic heterocycles. The number of aryl methyl sites for hydroxylation is 3. The Kier molecular flexibility index (Phi) is 7.12. The SMILES string of the molecule is Cc1cnc(-n2ncc(C(=O)Cc3cnc(C4=CCC(N5CCOCC5)CC4)c(C)c3)c2C)c(C)c1. The summed E-state index contributed by atoms with van der Waals surface area (Å²) in [5.74, 6) is 0.804. The van der Waals surface area contributed by atoms with Crippen molar-refractivity contribution in [1.82, 2.24) is 24.6 Å². The maximum absolute atomic E-state index is 13.2. The van der Waals surface area contributed by atoms with Crippen LogP contribution in [0.1, 0.15) is 63.3 Å². The van der Waals surface area contributed by atoms with Crippen LogP contribution in [0, 0.1) is 27.7 Å². The molecular formula is C29H35N5O2. The van der Waals surface area contributed by atoms with Gasteiger partial charge in [-0.2, -0.15) is 5.10 Å². The van der Waals surface area contributed by atoms with Gasteiger partial charge >= 0.3 is 0 Å². The zero-order valence-corrected chi connectivity index (χ0v) is 21.8. The lowest BCUT2D eigenvalue weighted by molar-refractivity contribution is 0.0150. The van der Waals surface area contributed by atoms with E-state index in [0.717, 1.165) is 85.0 Å². The fourth-order valence-corrected chi connectivity index (χ4v) is 5.48. The molecule has 3 aromatic heterocycles. The highest BCUT2D eigenvalue weighted by atomic mass is 16.5.